The molecule has 2 aromatic rings. The van der Waals surface area contributed by atoms with Gasteiger partial charge < -0.3 is 11.1 Å². The first kappa shape index (κ1) is 12.0. The number of halogens is 3. The highest BCUT2D eigenvalue weighted by Gasteiger charge is 2.03. The minimum absolute atomic E-state index is 0.0324. The summed E-state index contributed by atoms with van der Waals surface area (Å²) in [5.41, 5.74) is 6.71. The fourth-order valence-electron chi connectivity index (χ4n) is 1.30. The Morgan fingerprint density at radius 3 is 2.59 bits per heavy atom. The fraction of sp³-hybridized carbons (Fsp3) is 0. The Morgan fingerprint density at radius 1 is 1.18 bits per heavy atom. The number of nitrogens with zero attached hydrogens (tertiary/aromatic N) is 1. The number of nitrogen functional groups attached to an aromatic ring is 1. The van der Waals surface area contributed by atoms with E-state index in [4.69, 9.17) is 28.9 Å². The van der Waals surface area contributed by atoms with E-state index < -0.39 is 5.82 Å². The second-order valence-corrected chi connectivity index (χ2v) is 4.16. The topological polar surface area (TPSA) is 50.9 Å². The van der Waals surface area contributed by atoms with Gasteiger partial charge in [0.2, 0.25) is 0 Å². The van der Waals surface area contributed by atoms with E-state index in [0.29, 0.717) is 17.2 Å². The van der Waals surface area contributed by atoms with Crippen LogP contribution >= 0.6 is 23.2 Å². The number of nitrogens with two attached hydrogens (primary N) is 1. The Hall–Kier alpha value is -1.52. The second kappa shape index (κ2) is 4.77. The summed E-state index contributed by atoms with van der Waals surface area (Å²) in [6, 6.07) is 7.40. The third kappa shape index (κ3) is 2.99. The van der Waals surface area contributed by atoms with Crippen LogP contribution in [-0.4, -0.2) is 4.98 Å². The molecule has 0 saturated heterocycles. The smallest absolute Gasteiger partial charge is 0.141 e. The minimum atomic E-state index is -0.476. The number of pyridine rings is 1. The first-order valence-corrected chi connectivity index (χ1v) is 5.45. The van der Waals surface area contributed by atoms with Crippen LogP contribution in [-0.2, 0) is 0 Å². The van der Waals surface area contributed by atoms with Crippen molar-refractivity contribution in [3.63, 3.8) is 0 Å². The summed E-state index contributed by atoms with van der Waals surface area (Å²) in [5, 5.41) is 3.24. The first-order chi connectivity index (χ1) is 8.04. The van der Waals surface area contributed by atoms with Gasteiger partial charge in [-0.25, -0.2) is 9.37 Å². The van der Waals surface area contributed by atoms with Crippen LogP contribution in [0.5, 0.6) is 0 Å². The summed E-state index contributed by atoms with van der Waals surface area (Å²) in [4.78, 5) is 4.02. The molecule has 1 aromatic carbocycles. The van der Waals surface area contributed by atoms with E-state index in [2.05, 4.69) is 10.3 Å². The molecule has 0 unspecified atom stereocenters. The van der Waals surface area contributed by atoms with Gasteiger partial charge in [0.05, 0.1) is 5.02 Å². The zero-order valence-electron chi connectivity index (χ0n) is 8.55. The number of benzene rings is 1. The highest BCUT2D eigenvalue weighted by molar-refractivity contribution is 6.31. The molecule has 0 saturated carbocycles. The summed E-state index contributed by atoms with van der Waals surface area (Å²) >= 11 is 11.4. The molecule has 1 heterocycles. The van der Waals surface area contributed by atoms with Gasteiger partial charge in [0.15, 0.2) is 0 Å². The van der Waals surface area contributed by atoms with E-state index in [1.165, 1.54) is 18.2 Å². The van der Waals surface area contributed by atoms with Crippen LogP contribution in [0.4, 0.5) is 21.6 Å². The van der Waals surface area contributed by atoms with Crippen LogP contribution in [0.3, 0.4) is 0 Å². The van der Waals surface area contributed by atoms with Crippen LogP contribution in [0.1, 0.15) is 0 Å². The molecule has 17 heavy (non-hydrogen) atoms. The molecule has 0 aliphatic carbocycles. The molecule has 0 atom stereocenters. The maximum atomic E-state index is 12.9. The van der Waals surface area contributed by atoms with Crippen LogP contribution < -0.4 is 11.1 Å². The molecule has 2 rings (SSSR count). The lowest BCUT2D eigenvalue weighted by Crippen LogP contribution is -1.96. The van der Waals surface area contributed by atoms with Crippen LogP contribution in [0, 0.1) is 5.82 Å². The zero-order valence-corrected chi connectivity index (χ0v) is 10.1. The van der Waals surface area contributed by atoms with Crippen molar-refractivity contribution >= 4 is 40.4 Å². The summed E-state index contributed by atoms with van der Waals surface area (Å²) in [5.74, 6) is -0.00606. The quantitative estimate of drug-likeness (QED) is 0.816. The number of hydrogen-bond donors (Lipinski definition) is 2. The Balaban J connectivity index is 2.28. The molecular weight excluding hydrogens is 264 g/mol. The summed E-state index contributed by atoms with van der Waals surface area (Å²) in [7, 11) is 0. The van der Waals surface area contributed by atoms with E-state index in [1.54, 1.807) is 12.1 Å². The standard InChI is InChI=1S/C11H8Cl2FN3/c12-8-5-7(1-2-9(8)14)16-11-4-6(15)3-10(13)17-11/h1-5H,(H3,15,16,17). The number of hydrogen-bond acceptors (Lipinski definition) is 3. The van der Waals surface area contributed by atoms with E-state index >= 15 is 0 Å². The molecule has 3 nitrogen and oxygen atoms in total. The van der Waals surface area contributed by atoms with Crippen molar-refractivity contribution in [1.29, 1.82) is 0 Å². The second-order valence-electron chi connectivity index (χ2n) is 3.36. The number of nitrogens with one attached hydrogen (secondary N) is 1. The third-order valence-electron chi connectivity index (χ3n) is 2.01. The molecular formula is C11H8Cl2FN3. The average Bonchev–Trinajstić information content (AvgIpc) is 2.22. The van der Waals surface area contributed by atoms with Gasteiger partial charge in [-0.3, -0.25) is 0 Å². The van der Waals surface area contributed by atoms with Gasteiger partial charge in [0, 0.05) is 17.4 Å². The van der Waals surface area contributed by atoms with E-state index in [-0.39, 0.29) is 10.2 Å². The number of aromatic nitrogens is 1. The maximum absolute atomic E-state index is 12.9. The Bertz CT molecular complexity index is 540. The van der Waals surface area contributed by atoms with Crippen molar-refractivity contribution in [3.05, 3.63) is 46.3 Å². The molecule has 0 radical (unpaired) electrons. The van der Waals surface area contributed by atoms with Gasteiger partial charge >= 0.3 is 0 Å². The molecule has 0 bridgehead atoms. The Labute approximate surface area is 107 Å². The van der Waals surface area contributed by atoms with Crippen LogP contribution in [0.25, 0.3) is 0 Å². The maximum Gasteiger partial charge on any atom is 0.141 e. The van der Waals surface area contributed by atoms with Crippen molar-refractivity contribution in [3.8, 4) is 0 Å². The van der Waals surface area contributed by atoms with Crippen LogP contribution in [0.15, 0.2) is 30.3 Å². The molecule has 1 aromatic heterocycles. The van der Waals surface area contributed by atoms with Gasteiger partial charge in [-0.1, -0.05) is 23.2 Å². The lowest BCUT2D eigenvalue weighted by Gasteiger charge is -2.07. The minimum Gasteiger partial charge on any atom is -0.399 e. The Morgan fingerprint density at radius 2 is 1.94 bits per heavy atom. The molecule has 0 spiro atoms. The van der Waals surface area contributed by atoms with Gasteiger partial charge in [-0.2, -0.15) is 0 Å². The molecule has 0 fully saturated rings. The number of anilines is 3. The molecule has 0 aliphatic rings. The fourth-order valence-corrected chi connectivity index (χ4v) is 1.70. The van der Waals surface area contributed by atoms with Crippen molar-refractivity contribution < 1.29 is 4.39 Å². The SMILES string of the molecule is Nc1cc(Cl)nc(Nc2ccc(F)c(Cl)c2)c1. The predicted octanol–water partition coefficient (Wildman–Crippen LogP) is 3.85. The zero-order chi connectivity index (χ0) is 12.4. The monoisotopic (exact) mass is 271 g/mol. The summed E-state index contributed by atoms with van der Waals surface area (Å²) < 4.78 is 12.9. The Kier molecular flexibility index (Phi) is 3.36. The van der Waals surface area contributed by atoms with Crippen molar-refractivity contribution in [2.75, 3.05) is 11.1 Å². The molecule has 88 valence electrons. The summed E-state index contributed by atoms with van der Waals surface area (Å²) in [6.45, 7) is 0. The van der Waals surface area contributed by atoms with Crippen molar-refractivity contribution in [1.82, 2.24) is 4.98 Å². The molecule has 0 amide bonds. The van der Waals surface area contributed by atoms with E-state index in [1.807, 2.05) is 0 Å². The van der Waals surface area contributed by atoms with Gasteiger partial charge in [0.25, 0.3) is 0 Å². The lowest BCUT2D eigenvalue weighted by atomic mass is 10.3. The normalized spacial score (nSPS) is 10.3. The molecule has 3 N–H and O–H groups in total. The van der Waals surface area contributed by atoms with E-state index in [9.17, 15) is 4.39 Å². The molecule has 0 aliphatic heterocycles. The lowest BCUT2D eigenvalue weighted by molar-refractivity contribution is 0.628. The third-order valence-corrected chi connectivity index (χ3v) is 2.49. The van der Waals surface area contributed by atoms with Gasteiger partial charge in [-0.05, 0) is 24.3 Å². The predicted molar refractivity (Wildman–Crippen MR) is 68.4 cm³/mol. The molecule has 6 heteroatoms. The van der Waals surface area contributed by atoms with Gasteiger partial charge in [-0.15, -0.1) is 0 Å². The highest BCUT2D eigenvalue weighted by atomic mass is 35.5. The largest absolute Gasteiger partial charge is 0.399 e. The average molecular weight is 272 g/mol. The first-order valence-electron chi connectivity index (χ1n) is 4.70. The van der Waals surface area contributed by atoms with Gasteiger partial charge in [0.1, 0.15) is 16.8 Å². The summed E-state index contributed by atoms with van der Waals surface area (Å²) in [6.07, 6.45) is 0. The highest BCUT2D eigenvalue weighted by Crippen LogP contribution is 2.23. The van der Waals surface area contributed by atoms with Crippen molar-refractivity contribution in [2.45, 2.75) is 0 Å². The van der Waals surface area contributed by atoms with Crippen LogP contribution in [0.2, 0.25) is 10.2 Å². The number of rotatable bonds is 2. The van der Waals surface area contributed by atoms with E-state index in [0.717, 1.165) is 0 Å². The van der Waals surface area contributed by atoms with Crippen molar-refractivity contribution in [2.24, 2.45) is 0 Å².